The van der Waals surface area contributed by atoms with Crippen molar-refractivity contribution in [3.8, 4) is 0 Å². The molecule has 2 nitrogen and oxygen atoms in total. The zero-order valence-corrected chi connectivity index (χ0v) is 19.1. The van der Waals surface area contributed by atoms with Crippen LogP contribution < -0.4 is 0 Å². The summed E-state index contributed by atoms with van der Waals surface area (Å²) in [5.41, 5.74) is 3.73. The zero-order chi connectivity index (χ0) is 20.7. The summed E-state index contributed by atoms with van der Waals surface area (Å²) in [6.45, 7) is 18.1. The Morgan fingerprint density at radius 3 is 1.81 bits per heavy atom. The maximum absolute atomic E-state index is 12.6. The lowest BCUT2D eigenvalue weighted by molar-refractivity contribution is -0.145. The van der Waals surface area contributed by atoms with E-state index in [-0.39, 0.29) is 22.7 Å². The van der Waals surface area contributed by atoms with E-state index < -0.39 is 0 Å². The van der Waals surface area contributed by atoms with E-state index in [4.69, 9.17) is 4.74 Å². The molecule has 0 saturated carbocycles. The van der Waals surface area contributed by atoms with Crippen molar-refractivity contribution in [1.29, 1.82) is 0 Å². The highest BCUT2D eigenvalue weighted by Gasteiger charge is 2.24. The van der Waals surface area contributed by atoms with Crippen molar-refractivity contribution in [2.75, 3.05) is 6.61 Å². The van der Waals surface area contributed by atoms with Gasteiger partial charge in [0, 0.05) is 0 Å². The summed E-state index contributed by atoms with van der Waals surface area (Å²) in [7, 11) is 0. The van der Waals surface area contributed by atoms with Crippen molar-refractivity contribution in [3.63, 3.8) is 0 Å². The highest BCUT2D eigenvalue weighted by Crippen LogP contribution is 2.32. The Hall–Kier alpha value is -1.31. The summed E-state index contributed by atoms with van der Waals surface area (Å²) in [5.74, 6) is -0.331. The number of hydrogen-bond donors (Lipinski definition) is 0. The van der Waals surface area contributed by atoms with Gasteiger partial charge in [0.2, 0.25) is 0 Å². The second-order valence-electron chi connectivity index (χ2n) is 10.0. The number of unbranched alkanes of at least 4 members (excludes halogenated alkanes) is 5. The lowest BCUT2D eigenvalue weighted by atomic mass is 9.78. The van der Waals surface area contributed by atoms with E-state index in [1.54, 1.807) is 0 Å². The summed E-state index contributed by atoms with van der Waals surface area (Å²) in [4.78, 5) is 12.6. The van der Waals surface area contributed by atoms with Crippen LogP contribution in [0.4, 0.5) is 0 Å². The van der Waals surface area contributed by atoms with Gasteiger partial charge in [-0.1, -0.05) is 98.8 Å². The van der Waals surface area contributed by atoms with Crippen molar-refractivity contribution in [2.24, 2.45) is 0 Å². The smallest absolute Gasteiger partial charge is 0.313 e. The molecule has 1 rings (SSSR count). The van der Waals surface area contributed by atoms with Crippen LogP contribution in [0, 0.1) is 0 Å². The first kappa shape index (κ1) is 23.7. The standard InChI is InChI=1S/C25H42O2/c1-9-10-11-12-13-14-15-27-23(26)19(2)20-16-21(24(3,4)5)18-22(17-20)25(6,7)8/h16-19H,9-15H2,1-8H3. The van der Waals surface area contributed by atoms with Gasteiger partial charge in [-0.25, -0.2) is 0 Å². The summed E-state index contributed by atoms with van der Waals surface area (Å²) in [5, 5.41) is 0. The van der Waals surface area contributed by atoms with E-state index >= 15 is 0 Å². The molecule has 27 heavy (non-hydrogen) atoms. The van der Waals surface area contributed by atoms with E-state index in [1.165, 1.54) is 36.8 Å². The minimum atomic E-state index is -0.228. The van der Waals surface area contributed by atoms with Crippen LogP contribution in [0.25, 0.3) is 0 Å². The molecular formula is C25H42O2. The van der Waals surface area contributed by atoms with E-state index in [9.17, 15) is 4.79 Å². The highest BCUT2D eigenvalue weighted by atomic mass is 16.5. The molecule has 0 heterocycles. The molecular weight excluding hydrogens is 332 g/mol. The van der Waals surface area contributed by atoms with Crippen molar-refractivity contribution >= 4 is 5.97 Å². The number of esters is 1. The summed E-state index contributed by atoms with van der Waals surface area (Å²) < 4.78 is 5.58. The largest absolute Gasteiger partial charge is 0.465 e. The average molecular weight is 375 g/mol. The van der Waals surface area contributed by atoms with Crippen LogP contribution in [0.3, 0.4) is 0 Å². The third-order valence-electron chi connectivity index (χ3n) is 5.28. The van der Waals surface area contributed by atoms with Gasteiger partial charge in [0.15, 0.2) is 0 Å². The molecule has 1 atom stereocenters. The van der Waals surface area contributed by atoms with Crippen LogP contribution in [0.2, 0.25) is 0 Å². The molecule has 1 aromatic rings. The molecule has 1 unspecified atom stereocenters. The Labute approximate surface area is 168 Å². The van der Waals surface area contributed by atoms with E-state index in [0.717, 1.165) is 18.4 Å². The minimum absolute atomic E-state index is 0.0537. The first-order chi connectivity index (χ1) is 12.5. The number of hydrogen-bond acceptors (Lipinski definition) is 2. The van der Waals surface area contributed by atoms with Crippen LogP contribution in [0.1, 0.15) is 117 Å². The van der Waals surface area contributed by atoms with Gasteiger partial charge in [-0.2, -0.15) is 0 Å². The highest BCUT2D eigenvalue weighted by molar-refractivity contribution is 5.78. The van der Waals surface area contributed by atoms with Crippen LogP contribution >= 0.6 is 0 Å². The molecule has 0 saturated heterocycles. The van der Waals surface area contributed by atoms with Gasteiger partial charge in [-0.15, -0.1) is 0 Å². The molecule has 2 heteroatoms. The molecule has 154 valence electrons. The molecule has 1 aromatic carbocycles. The Morgan fingerprint density at radius 2 is 1.33 bits per heavy atom. The van der Waals surface area contributed by atoms with Crippen molar-refractivity contribution < 1.29 is 9.53 Å². The van der Waals surface area contributed by atoms with Gasteiger partial charge in [0.25, 0.3) is 0 Å². The Bertz CT molecular complexity index is 555. The summed E-state index contributed by atoms with van der Waals surface area (Å²) >= 11 is 0. The van der Waals surface area contributed by atoms with Crippen LogP contribution in [-0.2, 0) is 20.4 Å². The van der Waals surface area contributed by atoms with E-state index in [2.05, 4.69) is 66.7 Å². The predicted molar refractivity (Wildman–Crippen MR) is 117 cm³/mol. The van der Waals surface area contributed by atoms with Crippen LogP contribution in [0.5, 0.6) is 0 Å². The lowest BCUT2D eigenvalue weighted by Gasteiger charge is -2.27. The third-order valence-corrected chi connectivity index (χ3v) is 5.28. The van der Waals surface area contributed by atoms with Crippen LogP contribution in [-0.4, -0.2) is 12.6 Å². The van der Waals surface area contributed by atoms with Gasteiger partial charge in [-0.3, -0.25) is 4.79 Å². The lowest BCUT2D eigenvalue weighted by Crippen LogP contribution is -2.20. The molecule has 0 aliphatic heterocycles. The number of rotatable bonds is 9. The molecule has 0 bridgehead atoms. The van der Waals surface area contributed by atoms with Crippen LogP contribution in [0.15, 0.2) is 18.2 Å². The van der Waals surface area contributed by atoms with Gasteiger partial charge in [0.1, 0.15) is 0 Å². The van der Waals surface area contributed by atoms with Gasteiger partial charge in [-0.05, 0) is 40.9 Å². The molecule has 0 spiro atoms. The van der Waals surface area contributed by atoms with Crippen molar-refractivity contribution in [1.82, 2.24) is 0 Å². The van der Waals surface area contributed by atoms with Gasteiger partial charge >= 0.3 is 5.97 Å². The average Bonchev–Trinajstić information content (AvgIpc) is 2.58. The van der Waals surface area contributed by atoms with Gasteiger partial charge in [0.05, 0.1) is 12.5 Å². The van der Waals surface area contributed by atoms with Gasteiger partial charge < -0.3 is 4.74 Å². The van der Waals surface area contributed by atoms with Crippen molar-refractivity contribution in [3.05, 3.63) is 34.9 Å². The Balaban J connectivity index is 2.77. The SMILES string of the molecule is CCCCCCCCOC(=O)C(C)c1cc(C(C)(C)C)cc(C(C)(C)C)c1. The number of carbonyl (C=O) groups is 1. The van der Waals surface area contributed by atoms with E-state index in [0.29, 0.717) is 6.61 Å². The quantitative estimate of drug-likeness (QED) is 0.335. The fourth-order valence-corrected chi connectivity index (χ4v) is 3.08. The fraction of sp³-hybridized carbons (Fsp3) is 0.720. The molecule has 0 aliphatic carbocycles. The van der Waals surface area contributed by atoms with E-state index in [1.807, 2.05) is 6.92 Å². The predicted octanol–water partition coefficient (Wildman–Crippen LogP) is 7.29. The summed E-state index contributed by atoms with van der Waals surface area (Å²) in [6, 6.07) is 6.66. The second-order valence-corrected chi connectivity index (χ2v) is 10.0. The number of carbonyl (C=O) groups excluding carboxylic acids is 1. The Kier molecular flexibility index (Phi) is 9.05. The molecule has 0 aromatic heterocycles. The normalized spacial score (nSPS) is 13.5. The second kappa shape index (κ2) is 10.3. The molecule has 0 aliphatic rings. The molecule has 0 amide bonds. The maximum atomic E-state index is 12.6. The fourth-order valence-electron chi connectivity index (χ4n) is 3.08. The molecule has 0 N–H and O–H groups in total. The molecule has 0 fully saturated rings. The third kappa shape index (κ3) is 8.07. The monoisotopic (exact) mass is 374 g/mol. The first-order valence-electron chi connectivity index (χ1n) is 10.8. The minimum Gasteiger partial charge on any atom is -0.465 e. The maximum Gasteiger partial charge on any atom is 0.313 e. The Morgan fingerprint density at radius 1 is 0.852 bits per heavy atom. The molecule has 0 radical (unpaired) electrons. The number of ether oxygens (including phenoxy) is 1. The summed E-state index contributed by atoms with van der Waals surface area (Å²) in [6.07, 6.45) is 7.21. The topological polar surface area (TPSA) is 26.3 Å². The number of benzene rings is 1. The zero-order valence-electron chi connectivity index (χ0n) is 19.1. The van der Waals surface area contributed by atoms with Crippen molar-refractivity contribution in [2.45, 2.75) is 111 Å². The first-order valence-corrected chi connectivity index (χ1v) is 10.8.